The third-order valence-corrected chi connectivity index (χ3v) is 4.70. The minimum Gasteiger partial charge on any atom is -0.299 e. The lowest BCUT2D eigenvalue weighted by atomic mass is 10.0. The third-order valence-electron chi connectivity index (χ3n) is 4.70. The van der Waals surface area contributed by atoms with Gasteiger partial charge in [-0.15, -0.1) is 0 Å². The van der Waals surface area contributed by atoms with Gasteiger partial charge >= 0.3 is 0 Å². The number of nitrogens with zero attached hydrogens (tertiary/aromatic N) is 2. The van der Waals surface area contributed by atoms with Crippen LogP contribution in [-0.2, 0) is 0 Å². The third kappa shape index (κ3) is 2.23. The smallest absolute Gasteiger partial charge is 0.145 e. The molecule has 0 N–H and O–H groups in total. The van der Waals surface area contributed by atoms with Crippen LogP contribution in [0.25, 0.3) is 38.6 Å². The average Bonchev–Trinajstić information content (AvgIpc) is 3.16. The van der Waals surface area contributed by atoms with E-state index in [4.69, 9.17) is 0 Å². The molecular weight excluding hydrogens is 304 g/mol. The van der Waals surface area contributed by atoms with Gasteiger partial charge in [-0.05, 0) is 22.2 Å². The van der Waals surface area contributed by atoms with Gasteiger partial charge in [-0.25, -0.2) is 4.98 Å². The number of benzene rings is 4. The Morgan fingerprint density at radius 3 is 2.08 bits per heavy atom. The molecule has 0 radical (unpaired) electrons. The summed E-state index contributed by atoms with van der Waals surface area (Å²) in [6.45, 7) is 0. The molecule has 1 aromatic heterocycles. The van der Waals surface area contributed by atoms with Crippen LogP contribution in [0.15, 0.2) is 97.3 Å². The molecular formula is C23H16N2. The van der Waals surface area contributed by atoms with Gasteiger partial charge in [0.2, 0.25) is 0 Å². The van der Waals surface area contributed by atoms with Crippen LogP contribution in [0.1, 0.15) is 0 Å². The predicted octanol–water partition coefficient (Wildman–Crippen LogP) is 5.85. The Kier molecular flexibility index (Phi) is 3.14. The highest BCUT2D eigenvalue weighted by Gasteiger charge is 2.12. The molecule has 0 atom stereocenters. The summed E-state index contributed by atoms with van der Waals surface area (Å²) in [6, 6.07) is 29.7. The number of hydrogen-bond donors (Lipinski definition) is 0. The molecule has 4 aromatic carbocycles. The Labute approximate surface area is 146 Å². The first-order valence-electron chi connectivity index (χ1n) is 8.41. The van der Waals surface area contributed by atoms with Crippen molar-refractivity contribution >= 4 is 21.5 Å². The van der Waals surface area contributed by atoms with Crippen LogP contribution >= 0.6 is 0 Å². The second-order valence-electron chi connectivity index (χ2n) is 6.15. The van der Waals surface area contributed by atoms with E-state index in [0.717, 1.165) is 17.1 Å². The molecule has 0 amide bonds. The lowest BCUT2D eigenvalue weighted by Gasteiger charge is -2.12. The van der Waals surface area contributed by atoms with Gasteiger partial charge in [-0.1, -0.05) is 78.9 Å². The normalized spacial score (nSPS) is 11.2. The largest absolute Gasteiger partial charge is 0.299 e. The molecule has 2 heteroatoms. The second kappa shape index (κ2) is 5.60. The summed E-state index contributed by atoms with van der Waals surface area (Å²) in [5, 5.41) is 4.91. The van der Waals surface area contributed by atoms with Gasteiger partial charge < -0.3 is 0 Å². The van der Waals surface area contributed by atoms with Crippen molar-refractivity contribution in [3.63, 3.8) is 0 Å². The van der Waals surface area contributed by atoms with Gasteiger partial charge in [-0.2, -0.15) is 0 Å². The first-order valence-corrected chi connectivity index (χ1v) is 8.41. The Morgan fingerprint density at radius 1 is 0.600 bits per heavy atom. The number of hydrogen-bond acceptors (Lipinski definition) is 1. The summed E-state index contributed by atoms with van der Waals surface area (Å²) in [6.07, 6.45) is 3.91. The van der Waals surface area contributed by atoms with E-state index in [1.807, 2.05) is 12.4 Å². The molecule has 2 nitrogen and oxygen atoms in total. The molecule has 0 bridgehead atoms. The fourth-order valence-corrected chi connectivity index (χ4v) is 3.54. The molecule has 0 fully saturated rings. The predicted molar refractivity (Wildman–Crippen MR) is 104 cm³/mol. The van der Waals surface area contributed by atoms with Crippen LogP contribution in [0.3, 0.4) is 0 Å². The van der Waals surface area contributed by atoms with Crippen molar-refractivity contribution in [2.24, 2.45) is 0 Å². The summed E-state index contributed by atoms with van der Waals surface area (Å²) in [5.74, 6) is 0.966. The minimum atomic E-state index is 0.966. The molecule has 0 aliphatic heterocycles. The average molecular weight is 320 g/mol. The van der Waals surface area contributed by atoms with E-state index in [0.29, 0.717) is 0 Å². The Morgan fingerprint density at radius 2 is 1.24 bits per heavy atom. The second-order valence-corrected chi connectivity index (χ2v) is 6.15. The van der Waals surface area contributed by atoms with Crippen LogP contribution < -0.4 is 0 Å². The molecule has 1 heterocycles. The van der Waals surface area contributed by atoms with Crippen molar-refractivity contribution in [1.29, 1.82) is 0 Å². The van der Waals surface area contributed by atoms with Gasteiger partial charge in [-0.3, -0.25) is 4.57 Å². The van der Waals surface area contributed by atoms with Crippen molar-refractivity contribution in [3.8, 4) is 17.1 Å². The minimum absolute atomic E-state index is 0.966. The van der Waals surface area contributed by atoms with E-state index < -0.39 is 0 Å². The highest BCUT2D eigenvalue weighted by Crippen LogP contribution is 2.31. The van der Waals surface area contributed by atoms with Gasteiger partial charge in [0.25, 0.3) is 0 Å². The zero-order valence-electron chi connectivity index (χ0n) is 13.6. The molecule has 118 valence electrons. The van der Waals surface area contributed by atoms with Crippen molar-refractivity contribution in [3.05, 3.63) is 97.3 Å². The van der Waals surface area contributed by atoms with Gasteiger partial charge in [0, 0.05) is 23.3 Å². The standard InChI is InChI=1S/C23H16N2/c1-3-11-19-17(7-1)9-5-13-21(19)23-24-15-16-25(23)22-14-6-10-18-8-2-4-12-20(18)22/h1-16H. The van der Waals surface area contributed by atoms with E-state index >= 15 is 0 Å². The molecule has 0 saturated carbocycles. The fourth-order valence-electron chi connectivity index (χ4n) is 3.54. The quantitative estimate of drug-likeness (QED) is 0.399. The van der Waals surface area contributed by atoms with E-state index in [1.165, 1.54) is 21.5 Å². The highest BCUT2D eigenvalue weighted by atomic mass is 15.1. The zero-order valence-corrected chi connectivity index (χ0v) is 13.6. The summed E-state index contributed by atoms with van der Waals surface area (Å²) in [4.78, 5) is 4.68. The van der Waals surface area contributed by atoms with E-state index in [1.54, 1.807) is 0 Å². The Bertz CT molecular complexity index is 1100. The Hall–Kier alpha value is -3.39. The summed E-state index contributed by atoms with van der Waals surface area (Å²) in [7, 11) is 0. The Balaban J connectivity index is 1.80. The van der Waals surface area contributed by atoms with Crippen LogP contribution in [0.4, 0.5) is 0 Å². The number of rotatable bonds is 2. The molecule has 0 aliphatic carbocycles. The number of imidazole rings is 1. The lowest BCUT2D eigenvalue weighted by molar-refractivity contribution is 1.08. The van der Waals surface area contributed by atoms with Crippen LogP contribution in [0.5, 0.6) is 0 Å². The molecule has 0 spiro atoms. The molecule has 5 rings (SSSR count). The maximum Gasteiger partial charge on any atom is 0.145 e. The van der Waals surface area contributed by atoms with Gasteiger partial charge in [0.1, 0.15) is 5.82 Å². The van der Waals surface area contributed by atoms with E-state index in [2.05, 4.69) is 94.5 Å². The van der Waals surface area contributed by atoms with Crippen molar-refractivity contribution in [1.82, 2.24) is 9.55 Å². The van der Waals surface area contributed by atoms with Crippen LogP contribution in [0.2, 0.25) is 0 Å². The highest BCUT2D eigenvalue weighted by molar-refractivity contribution is 5.96. The van der Waals surface area contributed by atoms with Crippen molar-refractivity contribution < 1.29 is 0 Å². The first-order chi connectivity index (χ1) is 12.4. The summed E-state index contributed by atoms with van der Waals surface area (Å²) < 4.78 is 2.18. The monoisotopic (exact) mass is 320 g/mol. The molecule has 25 heavy (non-hydrogen) atoms. The lowest BCUT2D eigenvalue weighted by Crippen LogP contribution is -1.97. The topological polar surface area (TPSA) is 17.8 Å². The molecule has 0 aliphatic rings. The molecule has 5 aromatic rings. The molecule has 0 saturated heterocycles. The van der Waals surface area contributed by atoms with Crippen molar-refractivity contribution in [2.75, 3.05) is 0 Å². The van der Waals surface area contributed by atoms with Gasteiger partial charge in [0.15, 0.2) is 0 Å². The SMILES string of the molecule is c1ccc2c(-c3nccn3-c3cccc4ccccc34)cccc2c1. The number of aromatic nitrogens is 2. The van der Waals surface area contributed by atoms with E-state index in [9.17, 15) is 0 Å². The maximum atomic E-state index is 4.68. The van der Waals surface area contributed by atoms with Crippen LogP contribution in [0, 0.1) is 0 Å². The zero-order chi connectivity index (χ0) is 16.6. The van der Waals surface area contributed by atoms with Crippen molar-refractivity contribution in [2.45, 2.75) is 0 Å². The first kappa shape index (κ1) is 14.0. The van der Waals surface area contributed by atoms with E-state index in [-0.39, 0.29) is 0 Å². The van der Waals surface area contributed by atoms with Gasteiger partial charge in [0.05, 0.1) is 5.69 Å². The summed E-state index contributed by atoms with van der Waals surface area (Å²) in [5.41, 5.74) is 2.30. The summed E-state index contributed by atoms with van der Waals surface area (Å²) >= 11 is 0. The fraction of sp³-hybridized carbons (Fsp3) is 0. The maximum absolute atomic E-state index is 4.68. The molecule has 0 unspecified atom stereocenters. The number of fused-ring (bicyclic) bond motifs is 2. The van der Waals surface area contributed by atoms with Crippen LogP contribution in [-0.4, -0.2) is 9.55 Å².